The molecule has 2 aliphatic heterocycles. The number of para-hydroxylation sites is 2. The molecule has 0 saturated carbocycles. The molecular formula is C44H53N2S+. The van der Waals surface area contributed by atoms with Crippen LogP contribution in [0, 0.1) is 0 Å². The molecule has 0 fully saturated rings. The van der Waals surface area contributed by atoms with Crippen LogP contribution in [0.2, 0.25) is 0 Å². The number of unbranched alkanes of at least 4 members (excludes halogenated alkanes) is 2. The van der Waals surface area contributed by atoms with E-state index in [1.54, 1.807) is 0 Å². The van der Waals surface area contributed by atoms with Crippen LogP contribution >= 0.6 is 11.8 Å². The van der Waals surface area contributed by atoms with Gasteiger partial charge in [0.2, 0.25) is 5.69 Å². The lowest BCUT2D eigenvalue weighted by molar-refractivity contribution is -0.438. The first-order chi connectivity index (χ1) is 22.8. The molecule has 244 valence electrons. The topological polar surface area (TPSA) is 6.25 Å². The molecule has 3 aromatic rings. The lowest BCUT2D eigenvalue weighted by atomic mass is 9.81. The fourth-order valence-electron chi connectivity index (χ4n) is 7.71. The first-order valence-electron chi connectivity index (χ1n) is 17.9. The van der Waals surface area contributed by atoms with Gasteiger partial charge in [-0.05, 0) is 80.5 Å². The molecule has 0 aromatic heterocycles. The van der Waals surface area contributed by atoms with Crippen LogP contribution in [0.3, 0.4) is 0 Å². The van der Waals surface area contributed by atoms with Crippen LogP contribution in [0.5, 0.6) is 0 Å². The van der Waals surface area contributed by atoms with Gasteiger partial charge in [-0.25, -0.2) is 0 Å². The fraction of sp³-hybridized carbons (Fsp3) is 0.386. The smallest absolute Gasteiger partial charge is 0.209 e. The minimum Gasteiger partial charge on any atom is -0.344 e. The van der Waals surface area contributed by atoms with Crippen molar-refractivity contribution in [1.82, 2.24) is 0 Å². The highest BCUT2D eigenvalue weighted by Crippen LogP contribution is 2.48. The molecule has 0 saturated heterocycles. The maximum absolute atomic E-state index is 2.59. The van der Waals surface area contributed by atoms with Crippen molar-refractivity contribution >= 4 is 28.8 Å². The molecule has 2 nitrogen and oxygen atoms in total. The van der Waals surface area contributed by atoms with Crippen LogP contribution < -0.4 is 4.90 Å². The summed E-state index contributed by atoms with van der Waals surface area (Å²) >= 11 is 1.94. The number of benzene rings is 3. The Morgan fingerprint density at radius 3 is 2.21 bits per heavy atom. The predicted octanol–water partition coefficient (Wildman–Crippen LogP) is 12.1. The molecule has 0 radical (unpaired) electrons. The Kier molecular flexibility index (Phi) is 10.1. The molecule has 0 N–H and O–H groups in total. The molecule has 1 aliphatic carbocycles. The normalized spacial score (nSPS) is 20.2. The number of nitrogens with zero attached hydrogens (tertiary/aromatic N) is 2. The van der Waals surface area contributed by atoms with Gasteiger partial charge < -0.3 is 4.90 Å². The van der Waals surface area contributed by atoms with Crippen molar-refractivity contribution in [2.75, 3.05) is 18.0 Å². The molecule has 3 aliphatic rings. The molecule has 0 unspecified atom stereocenters. The second-order valence-electron chi connectivity index (χ2n) is 14.4. The molecule has 3 aromatic carbocycles. The largest absolute Gasteiger partial charge is 0.344 e. The van der Waals surface area contributed by atoms with Crippen molar-refractivity contribution in [2.24, 2.45) is 0 Å². The summed E-state index contributed by atoms with van der Waals surface area (Å²) in [6.07, 6.45) is 18.0. The fourth-order valence-corrected chi connectivity index (χ4v) is 8.84. The zero-order valence-electron chi connectivity index (χ0n) is 29.5. The van der Waals surface area contributed by atoms with Crippen LogP contribution in [0.15, 0.2) is 130 Å². The summed E-state index contributed by atoms with van der Waals surface area (Å²) in [6, 6.07) is 29.0. The predicted molar refractivity (Wildman–Crippen MR) is 204 cm³/mol. The third kappa shape index (κ3) is 6.61. The van der Waals surface area contributed by atoms with E-state index in [2.05, 4.69) is 154 Å². The number of hydrogen-bond donors (Lipinski definition) is 0. The van der Waals surface area contributed by atoms with E-state index < -0.39 is 0 Å². The van der Waals surface area contributed by atoms with E-state index in [0.717, 1.165) is 25.9 Å². The summed E-state index contributed by atoms with van der Waals surface area (Å²) in [7, 11) is 0. The van der Waals surface area contributed by atoms with Crippen molar-refractivity contribution in [3.63, 3.8) is 0 Å². The highest BCUT2D eigenvalue weighted by molar-refractivity contribution is 8.03. The lowest BCUT2D eigenvalue weighted by Gasteiger charge is -2.27. The van der Waals surface area contributed by atoms with Crippen LogP contribution in [0.25, 0.3) is 0 Å². The molecular weight excluding hydrogens is 589 g/mol. The van der Waals surface area contributed by atoms with E-state index in [-0.39, 0.29) is 10.8 Å². The SMILES string of the molecule is CCCCN1/C(=C/C=C2CCCC(C=CC3=[N+](CCCC)c4ccccc4C3(C)C)=C2Sc2ccccc2)C(C)(C)c2ccccc21. The van der Waals surface area contributed by atoms with E-state index in [4.69, 9.17) is 0 Å². The standard InChI is InChI=1S/C44H53N2S/c1-7-9-31-45-38-25-16-14-23-36(38)43(3,4)40(45)29-27-33-19-18-20-34(42(33)47-35-21-12-11-13-22-35)28-30-41-44(5,6)37-24-15-17-26-39(37)46(41)32-10-8-2/h11-17,21-30H,7-10,18-20,31-32H2,1-6H3/q+1. The van der Waals surface area contributed by atoms with Gasteiger partial charge in [-0.3, -0.25) is 0 Å². The number of allylic oxidation sites excluding steroid dienone is 7. The molecule has 0 bridgehead atoms. The molecule has 0 spiro atoms. The van der Waals surface area contributed by atoms with Gasteiger partial charge in [-0.15, -0.1) is 0 Å². The third-order valence-electron chi connectivity index (χ3n) is 10.4. The van der Waals surface area contributed by atoms with Gasteiger partial charge in [-0.1, -0.05) is 119 Å². The Morgan fingerprint density at radius 2 is 1.45 bits per heavy atom. The molecule has 6 rings (SSSR count). The summed E-state index contributed by atoms with van der Waals surface area (Å²) in [6.45, 7) is 16.3. The van der Waals surface area contributed by atoms with E-state index >= 15 is 0 Å². The van der Waals surface area contributed by atoms with Crippen molar-refractivity contribution in [2.45, 2.75) is 102 Å². The zero-order valence-corrected chi connectivity index (χ0v) is 30.3. The minimum atomic E-state index is -0.0309. The average molecular weight is 642 g/mol. The average Bonchev–Trinajstić information content (AvgIpc) is 3.43. The Labute approximate surface area is 288 Å². The van der Waals surface area contributed by atoms with Gasteiger partial charge in [-0.2, -0.15) is 4.58 Å². The monoisotopic (exact) mass is 641 g/mol. The number of fused-ring (bicyclic) bond motifs is 2. The number of hydrogen-bond acceptors (Lipinski definition) is 2. The Bertz CT molecular complexity index is 1750. The quantitative estimate of drug-likeness (QED) is 0.192. The second kappa shape index (κ2) is 14.3. The first-order valence-corrected chi connectivity index (χ1v) is 18.8. The van der Waals surface area contributed by atoms with Gasteiger partial charge in [0.05, 0.1) is 5.41 Å². The number of rotatable bonds is 11. The maximum Gasteiger partial charge on any atom is 0.209 e. The van der Waals surface area contributed by atoms with E-state index in [1.165, 1.54) is 87.0 Å². The highest BCUT2D eigenvalue weighted by atomic mass is 32.2. The van der Waals surface area contributed by atoms with E-state index in [1.807, 2.05) is 11.8 Å². The van der Waals surface area contributed by atoms with Crippen LogP contribution in [0.1, 0.15) is 97.6 Å². The first kappa shape index (κ1) is 33.3. The molecule has 47 heavy (non-hydrogen) atoms. The van der Waals surface area contributed by atoms with Gasteiger partial charge in [0.1, 0.15) is 6.54 Å². The summed E-state index contributed by atoms with van der Waals surface area (Å²) in [5.74, 6) is 0. The minimum absolute atomic E-state index is 0.0309. The lowest BCUT2D eigenvalue weighted by Crippen LogP contribution is -2.28. The van der Waals surface area contributed by atoms with Crippen LogP contribution in [0.4, 0.5) is 11.4 Å². The third-order valence-corrected chi connectivity index (χ3v) is 11.6. The van der Waals surface area contributed by atoms with E-state index in [9.17, 15) is 0 Å². The number of thioether (sulfide) groups is 1. The van der Waals surface area contributed by atoms with Crippen LogP contribution in [-0.4, -0.2) is 23.4 Å². The van der Waals surface area contributed by atoms with Crippen molar-refractivity contribution < 1.29 is 4.58 Å². The van der Waals surface area contributed by atoms with Gasteiger partial charge in [0.15, 0.2) is 5.71 Å². The van der Waals surface area contributed by atoms with Crippen molar-refractivity contribution in [3.8, 4) is 0 Å². The van der Waals surface area contributed by atoms with Crippen LogP contribution in [-0.2, 0) is 10.8 Å². The Hall–Kier alpha value is -3.56. The highest BCUT2D eigenvalue weighted by Gasteiger charge is 2.44. The summed E-state index contributed by atoms with van der Waals surface area (Å²) < 4.78 is 2.59. The molecule has 0 amide bonds. The van der Waals surface area contributed by atoms with Crippen molar-refractivity contribution in [3.05, 3.63) is 136 Å². The summed E-state index contributed by atoms with van der Waals surface area (Å²) in [5, 5.41) is 0. The summed E-state index contributed by atoms with van der Waals surface area (Å²) in [4.78, 5) is 5.32. The van der Waals surface area contributed by atoms with Gasteiger partial charge in [0.25, 0.3) is 0 Å². The molecule has 3 heteroatoms. The van der Waals surface area contributed by atoms with Gasteiger partial charge >= 0.3 is 0 Å². The number of anilines is 1. The Morgan fingerprint density at radius 1 is 0.745 bits per heavy atom. The maximum atomic E-state index is 2.59. The van der Waals surface area contributed by atoms with Crippen molar-refractivity contribution in [1.29, 1.82) is 0 Å². The Balaban J connectivity index is 1.43. The molecule has 0 atom stereocenters. The second-order valence-corrected chi connectivity index (χ2v) is 15.5. The van der Waals surface area contributed by atoms with Gasteiger partial charge in [0, 0.05) is 57.3 Å². The molecule has 2 heterocycles. The summed E-state index contributed by atoms with van der Waals surface area (Å²) in [5.41, 5.74) is 11.3. The zero-order chi connectivity index (χ0) is 33.0. The van der Waals surface area contributed by atoms with E-state index in [0.29, 0.717) is 0 Å².